The number of β-amino-alcohol motifs (C(OH)–C–C–N with tert-alkyl or cyclic N) is 1. The van der Waals surface area contributed by atoms with Gasteiger partial charge in [-0.15, -0.1) is 11.8 Å². The Morgan fingerprint density at radius 2 is 1.76 bits per heavy atom. The van der Waals surface area contributed by atoms with Crippen LogP contribution >= 0.6 is 11.8 Å². The molecule has 1 saturated heterocycles. The normalized spacial score (nSPS) is 16.7. The number of nitrogens with zero attached hydrogens (tertiary/aromatic N) is 1. The lowest BCUT2D eigenvalue weighted by Crippen LogP contribution is -2.51. The van der Waals surface area contributed by atoms with Gasteiger partial charge in [0.05, 0.1) is 16.7 Å². The zero-order chi connectivity index (χ0) is 25.1. The van der Waals surface area contributed by atoms with Crippen molar-refractivity contribution in [3.05, 3.63) is 48.5 Å². The summed E-state index contributed by atoms with van der Waals surface area (Å²) in [5, 5.41) is 17.3. The van der Waals surface area contributed by atoms with Crippen LogP contribution in [0.3, 0.4) is 0 Å². The van der Waals surface area contributed by atoms with Crippen molar-refractivity contribution < 1.29 is 35.1 Å². The Bertz CT molecular complexity index is 1200. The summed E-state index contributed by atoms with van der Waals surface area (Å²) >= 11 is 1.43. The third-order valence-corrected chi connectivity index (χ3v) is 8.77. The fourth-order valence-electron chi connectivity index (χ4n) is 3.34. The number of rotatable bonds is 10. The molecular weight excluding hydrogens is 515 g/mol. The highest BCUT2D eigenvalue weighted by Gasteiger charge is 2.48. The van der Waals surface area contributed by atoms with Gasteiger partial charge in [0, 0.05) is 36.3 Å². The maximum absolute atomic E-state index is 13.3. The van der Waals surface area contributed by atoms with Crippen molar-refractivity contribution in [2.45, 2.75) is 38.8 Å². The van der Waals surface area contributed by atoms with E-state index in [1.165, 1.54) is 11.8 Å². The van der Waals surface area contributed by atoms with Crippen molar-refractivity contribution >= 4 is 37.3 Å². The molecule has 2 aromatic carbocycles. The lowest BCUT2D eigenvalue weighted by molar-refractivity contribution is -0.0435. The van der Waals surface area contributed by atoms with Gasteiger partial charge in [0.1, 0.15) is 4.90 Å². The van der Waals surface area contributed by atoms with Crippen LogP contribution in [-0.4, -0.2) is 69.9 Å². The third-order valence-electron chi connectivity index (χ3n) is 5.16. The van der Waals surface area contributed by atoms with E-state index in [1.54, 1.807) is 0 Å². The van der Waals surface area contributed by atoms with Crippen LogP contribution in [-0.2, 0) is 19.9 Å². The quantitative estimate of drug-likeness (QED) is 0.392. The average Bonchev–Trinajstić information content (AvgIpc) is 2.73. The molecule has 4 N–H and O–H groups in total. The monoisotopic (exact) mass is 539 g/mol. The second kappa shape index (κ2) is 10.4. The van der Waals surface area contributed by atoms with Crippen LogP contribution in [0.2, 0.25) is 0 Å². The number of sulfone groups is 1. The summed E-state index contributed by atoms with van der Waals surface area (Å²) in [6.07, 6.45) is 0.0223. The van der Waals surface area contributed by atoms with E-state index in [9.17, 15) is 35.1 Å². The number of alkyl halides is 3. The number of halogens is 3. The van der Waals surface area contributed by atoms with E-state index in [0.717, 1.165) is 17.0 Å². The van der Waals surface area contributed by atoms with Crippen molar-refractivity contribution in [2.75, 3.05) is 30.7 Å². The zero-order valence-corrected chi connectivity index (χ0v) is 20.2. The maximum Gasteiger partial charge on any atom is 0.501 e. The molecule has 0 aromatic heterocycles. The molecular formula is C20H24F3N3O5S3. The molecule has 0 bridgehead atoms. The molecule has 1 atom stereocenters. The summed E-state index contributed by atoms with van der Waals surface area (Å²) in [6.45, 7) is 1.49. The highest BCUT2D eigenvalue weighted by Crippen LogP contribution is 2.36. The number of anilines is 1. The lowest BCUT2D eigenvalue weighted by atomic mass is 10.1. The number of aliphatic hydroxyl groups excluding tert-OH is 1. The largest absolute Gasteiger partial charge is 0.501 e. The van der Waals surface area contributed by atoms with Gasteiger partial charge in [-0.3, -0.25) is 4.90 Å². The third kappa shape index (κ3) is 6.64. The average molecular weight is 540 g/mol. The highest BCUT2D eigenvalue weighted by atomic mass is 32.2. The first kappa shape index (κ1) is 26.8. The second-order valence-electron chi connectivity index (χ2n) is 7.82. The first-order valence-corrected chi connectivity index (χ1v) is 14.1. The van der Waals surface area contributed by atoms with Crippen molar-refractivity contribution in [3.8, 4) is 0 Å². The zero-order valence-electron chi connectivity index (χ0n) is 17.8. The number of likely N-dealkylation sites (tertiary alicyclic amines) is 1. The predicted octanol–water partition coefficient (Wildman–Crippen LogP) is 2.27. The number of nitrogens with one attached hydrogen (secondary N) is 1. The van der Waals surface area contributed by atoms with Crippen LogP contribution in [0.1, 0.15) is 6.42 Å². The van der Waals surface area contributed by atoms with Crippen LogP contribution < -0.4 is 10.5 Å². The van der Waals surface area contributed by atoms with E-state index in [0.29, 0.717) is 37.9 Å². The number of nitrogens with two attached hydrogens (primary N) is 1. The van der Waals surface area contributed by atoms with Crippen LogP contribution in [0.25, 0.3) is 0 Å². The first-order chi connectivity index (χ1) is 15.8. The van der Waals surface area contributed by atoms with Gasteiger partial charge in [0.25, 0.3) is 9.84 Å². The standard InChI is InChI=1S/C20H24F3N3O5S3/c21-20(22,23)33(28,29)19-10-17(34(24,30)31)6-7-18(19)25-14(8-9-26-11-15(27)12-26)13-32-16-4-2-1-3-5-16/h1-7,10,14-15,25,27H,8-9,11-13H2,(H2,24,30,31)/t14-/m1/s1. The number of sulfonamides is 1. The molecule has 1 aliphatic heterocycles. The molecule has 0 saturated carbocycles. The van der Waals surface area contributed by atoms with E-state index >= 15 is 0 Å². The molecule has 1 fully saturated rings. The molecule has 0 unspecified atom stereocenters. The molecule has 0 spiro atoms. The van der Waals surface area contributed by atoms with E-state index in [-0.39, 0.29) is 5.69 Å². The molecule has 3 rings (SSSR count). The van der Waals surface area contributed by atoms with Crippen molar-refractivity contribution in [3.63, 3.8) is 0 Å². The van der Waals surface area contributed by atoms with Gasteiger partial charge >= 0.3 is 5.51 Å². The van der Waals surface area contributed by atoms with Crippen molar-refractivity contribution in [2.24, 2.45) is 5.14 Å². The minimum Gasteiger partial charge on any atom is -0.390 e. The Hall–Kier alpha value is -1.84. The Labute approximate surface area is 200 Å². The molecule has 8 nitrogen and oxygen atoms in total. The summed E-state index contributed by atoms with van der Waals surface area (Å²) in [5.74, 6) is 0.392. The van der Waals surface area contributed by atoms with Crippen LogP contribution in [0.5, 0.6) is 0 Å². The van der Waals surface area contributed by atoms with Crippen LogP contribution in [0, 0.1) is 0 Å². The molecule has 14 heteroatoms. The van der Waals surface area contributed by atoms with Crippen molar-refractivity contribution in [1.29, 1.82) is 0 Å². The number of hydrogen-bond donors (Lipinski definition) is 3. The molecule has 1 heterocycles. The van der Waals surface area contributed by atoms with E-state index in [2.05, 4.69) is 5.32 Å². The lowest BCUT2D eigenvalue weighted by Gasteiger charge is -2.36. The molecule has 34 heavy (non-hydrogen) atoms. The molecule has 0 radical (unpaired) electrons. The fourth-order valence-corrected chi connectivity index (χ4v) is 5.90. The van der Waals surface area contributed by atoms with Crippen LogP contribution in [0.15, 0.2) is 63.2 Å². The highest BCUT2D eigenvalue weighted by molar-refractivity contribution is 7.99. The van der Waals surface area contributed by atoms with Gasteiger partial charge in [-0.1, -0.05) is 18.2 Å². The second-order valence-corrected chi connectivity index (χ2v) is 12.4. The SMILES string of the molecule is NS(=O)(=O)c1ccc(N[C@H](CCN2CC(O)C2)CSc2ccccc2)c(S(=O)(=O)C(F)(F)F)c1. The Kier molecular flexibility index (Phi) is 8.20. The number of hydrogen-bond acceptors (Lipinski definition) is 8. The minimum absolute atomic E-state index is 0.368. The van der Waals surface area contributed by atoms with E-state index in [4.69, 9.17) is 5.14 Å². The fraction of sp³-hybridized carbons (Fsp3) is 0.400. The summed E-state index contributed by atoms with van der Waals surface area (Å²) in [7, 11) is -10.3. The molecule has 0 amide bonds. The summed E-state index contributed by atoms with van der Waals surface area (Å²) in [6, 6.07) is 11.2. The van der Waals surface area contributed by atoms with E-state index in [1.807, 2.05) is 35.2 Å². The summed E-state index contributed by atoms with van der Waals surface area (Å²) < 4.78 is 87.8. The van der Waals surface area contributed by atoms with Crippen molar-refractivity contribution in [1.82, 2.24) is 4.90 Å². The maximum atomic E-state index is 13.3. The molecule has 2 aromatic rings. The number of primary sulfonamides is 1. The van der Waals surface area contributed by atoms with Gasteiger partial charge in [0.2, 0.25) is 10.0 Å². The summed E-state index contributed by atoms with van der Waals surface area (Å²) in [5.41, 5.74) is -6.00. The number of aliphatic hydroxyl groups is 1. The van der Waals surface area contributed by atoms with Gasteiger partial charge in [-0.25, -0.2) is 22.0 Å². The molecule has 1 aliphatic rings. The number of thioether (sulfide) groups is 1. The predicted molar refractivity (Wildman–Crippen MR) is 123 cm³/mol. The van der Waals surface area contributed by atoms with Gasteiger partial charge in [0.15, 0.2) is 0 Å². The van der Waals surface area contributed by atoms with Gasteiger partial charge in [-0.05, 0) is 36.8 Å². The van der Waals surface area contributed by atoms with Gasteiger partial charge in [-0.2, -0.15) is 13.2 Å². The number of benzene rings is 2. The van der Waals surface area contributed by atoms with E-state index < -0.39 is 47.3 Å². The Balaban J connectivity index is 1.90. The molecule has 0 aliphatic carbocycles. The van der Waals surface area contributed by atoms with Gasteiger partial charge < -0.3 is 10.4 Å². The molecule has 188 valence electrons. The van der Waals surface area contributed by atoms with Crippen LogP contribution in [0.4, 0.5) is 18.9 Å². The minimum atomic E-state index is -5.87. The first-order valence-electron chi connectivity index (χ1n) is 10.1. The Morgan fingerprint density at radius 1 is 1.12 bits per heavy atom. The summed E-state index contributed by atoms with van der Waals surface area (Å²) in [4.78, 5) is 0.928. The smallest absolute Gasteiger partial charge is 0.390 e. The Morgan fingerprint density at radius 3 is 2.32 bits per heavy atom. The topological polar surface area (TPSA) is 130 Å².